The zero-order valence-corrected chi connectivity index (χ0v) is 9.78. The molecule has 0 saturated heterocycles. The molecule has 84 valence electrons. The number of para-hydroxylation sites is 1. The minimum absolute atomic E-state index is 0.0720. The Balaban J connectivity index is 2.12. The van der Waals surface area contributed by atoms with Crippen molar-refractivity contribution in [1.82, 2.24) is 10.2 Å². The van der Waals surface area contributed by atoms with Crippen LogP contribution in [0.3, 0.4) is 0 Å². The lowest BCUT2D eigenvalue weighted by Gasteiger charge is -2.14. The molecular weight excluding hydrogens is 222 g/mol. The first kappa shape index (κ1) is 10.9. The SMILES string of the molecule is CC[C@H](Oc1ccccc1)c1nnc(N)s1. The smallest absolute Gasteiger partial charge is 0.203 e. The Morgan fingerprint density at radius 2 is 2.06 bits per heavy atom. The van der Waals surface area contributed by atoms with E-state index in [-0.39, 0.29) is 6.10 Å². The lowest BCUT2D eigenvalue weighted by Crippen LogP contribution is -2.05. The van der Waals surface area contributed by atoms with Crippen molar-refractivity contribution in [3.8, 4) is 5.75 Å². The van der Waals surface area contributed by atoms with Crippen molar-refractivity contribution in [2.45, 2.75) is 19.4 Å². The highest BCUT2D eigenvalue weighted by Gasteiger charge is 2.15. The van der Waals surface area contributed by atoms with Gasteiger partial charge in [-0.05, 0) is 18.6 Å². The van der Waals surface area contributed by atoms with Gasteiger partial charge in [0.2, 0.25) is 5.13 Å². The molecule has 2 N–H and O–H groups in total. The van der Waals surface area contributed by atoms with Gasteiger partial charge in [0.15, 0.2) is 11.1 Å². The minimum Gasteiger partial charge on any atom is -0.483 e. The van der Waals surface area contributed by atoms with E-state index in [2.05, 4.69) is 10.2 Å². The van der Waals surface area contributed by atoms with Gasteiger partial charge in [-0.3, -0.25) is 0 Å². The van der Waals surface area contributed by atoms with Crippen molar-refractivity contribution in [3.05, 3.63) is 35.3 Å². The molecule has 16 heavy (non-hydrogen) atoms. The fraction of sp³-hybridized carbons (Fsp3) is 0.273. The Morgan fingerprint density at radius 1 is 1.31 bits per heavy atom. The zero-order chi connectivity index (χ0) is 11.4. The third-order valence-corrected chi connectivity index (χ3v) is 2.97. The molecule has 0 aliphatic heterocycles. The predicted octanol–water partition coefficient (Wildman–Crippen LogP) is 2.65. The summed E-state index contributed by atoms with van der Waals surface area (Å²) in [6, 6.07) is 9.68. The van der Waals surface area contributed by atoms with Gasteiger partial charge in [-0.25, -0.2) is 0 Å². The second-order valence-corrected chi connectivity index (χ2v) is 4.35. The van der Waals surface area contributed by atoms with Crippen LogP contribution in [0.4, 0.5) is 5.13 Å². The average molecular weight is 235 g/mol. The molecule has 0 saturated carbocycles. The summed E-state index contributed by atoms with van der Waals surface area (Å²) in [4.78, 5) is 0. The van der Waals surface area contributed by atoms with Crippen molar-refractivity contribution >= 4 is 16.5 Å². The first-order valence-corrected chi connectivity index (χ1v) is 5.92. The summed E-state index contributed by atoms with van der Waals surface area (Å²) in [5, 5.41) is 9.09. The largest absolute Gasteiger partial charge is 0.483 e. The molecular formula is C11H13N3OS. The molecule has 0 fully saturated rings. The summed E-state index contributed by atoms with van der Waals surface area (Å²) in [7, 11) is 0. The molecule has 0 bridgehead atoms. The first-order valence-electron chi connectivity index (χ1n) is 5.10. The van der Waals surface area contributed by atoms with Crippen LogP contribution >= 0.6 is 11.3 Å². The molecule has 1 heterocycles. The van der Waals surface area contributed by atoms with Gasteiger partial charge in [-0.1, -0.05) is 36.5 Å². The van der Waals surface area contributed by atoms with Gasteiger partial charge in [0.1, 0.15) is 5.75 Å². The van der Waals surface area contributed by atoms with Crippen LogP contribution in [0.2, 0.25) is 0 Å². The number of benzene rings is 1. The van der Waals surface area contributed by atoms with Crippen molar-refractivity contribution in [1.29, 1.82) is 0 Å². The molecule has 4 nitrogen and oxygen atoms in total. The molecule has 1 atom stereocenters. The lowest BCUT2D eigenvalue weighted by atomic mass is 10.3. The number of rotatable bonds is 4. The molecule has 1 aromatic heterocycles. The number of aromatic nitrogens is 2. The van der Waals surface area contributed by atoms with Crippen LogP contribution in [0.15, 0.2) is 30.3 Å². The maximum Gasteiger partial charge on any atom is 0.203 e. The molecule has 0 spiro atoms. The van der Waals surface area contributed by atoms with E-state index in [1.807, 2.05) is 37.3 Å². The van der Waals surface area contributed by atoms with Crippen LogP contribution < -0.4 is 10.5 Å². The van der Waals surface area contributed by atoms with Gasteiger partial charge in [0.25, 0.3) is 0 Å². The maximum atomic E-state index is 5.82. The second kappa shape index (κ2) is 4.94. The van der Waals surface area contributed by atoms with Crippen molar-refractivity contribution in [2.75, 3.05) is 5.73 Å². The van der Waals surface area contributed by atoms with Crippen molar-refractivity contribution in [3.63, 3.8) is 0 Å². The molecule has 0 unspecified atom stereocenters. The Kier molecular flexibility index (Phi) is 3.36. The third kappa shape index (κ3) is 2.49. The Morgan fingerprint density at radius 3 is 2.62 bits per heavy atom. The molecule has 1 aromatic carbocycles. The predicted molar refractivity (Wildman–Crippen MR) is 64.4 cm³/mol. The van der Waals surface area contributed by atoms with Crippen LogP contribution in [0.25, 0.3) is 0 Å². The molecule has 0 aliphatic rings. The highest BCUT2D eigenvalue weighted by molar-refractivity contribution is 7.15. The fourth-order valence-electron chi connectivity index (χ4n) is 1.35. The summed E-state index contributed by atoms with van der Waals surface area (Å²) in [5.74, 6) is 0.836. The number of nitrogens with zero attached hydrogens (tertiary/aromatic N) is 2. The van der Waals surface area contributed by atoms with Gasteiger partial charge in [0.05, 0.1) is 0 Å². The van der Waals surface area contributed by atoms with Crippen molar-refractivity contribution < 1.29 is 4.74 Å². The number of hydrogen-bond donors (Lipinski definition) is 1. The quantitative estimate of drug-likeness (QED) is 0.885. The number of hydrogen-bond acceptors (Lipinski definition) is 5. The van der Waals surface area contributed by atoms with Crippen LogP contribution in [0.1, 0.15) is 24.5 Å². The van der Waals surface area contributed by atoms with E-state index in [9.17, 15) is 0 Å². The van der Waals surface area contributed by atoms with E-state index < -0.39 is 0 Å². The Hall–Kier alpha value is -1.62. The van der Waals surface area contributed by atoms with E-state index in [4.69, 9.17) is 10.5 Å². The van der Waals surface area contributed by atoms with E-state index in [0.29, 0.717) is 5.13 Å². The second-order valence-electron chi connectivity index (χ2n) is 3.31. The maximum absolute atomic E-state index is 5.82. The summed E-state index contributed by atoms with van der Waals surface area (Å²) in [6.45, 7) is 2.05. The van der Waals surface area contributed by atoms with Crippen LogP contribution in [-0.2, 0) is 0 Å². The standard InChI is InChI=1S/C11H13N3OS/c1-2-9(10-13-14-11(12)16-10)15-8-6-4-3-5-7-8/h3-7,9H,2H2,1H3,(H2,12,14)/t9-/m0/s1. The summed E-state index contributed by atoms with van der Waals surface area (Å²) >= 11 is 1.37. The van der Waals surface area contributed by atoms with E-state index in [1.54, 1.807) is 0 Å². The summed E-state index contributed by atoms with van der Waals surface area (Å²) < 4.78 is 5.82. The van der Waals surface area contributed by atoms with Gasteiger partial charge in [0, 0.05) is 0 Å². The number of nitrogens with two attached hydrogens (primary N) is 1. The summed E-state index contributed by atoms with van der Waals surface area (Å²) in [5.41, 5.74) is 5.55. The van der Waals surface area contributed by atoms with Crippen LogP contribution in [0, 0.1) is 0 Å². The van der Waals surface area contributed by atoms with E-state index in [1.165, 1.54) is 11.3 Å². The molecule has 0 radical (unpaired) electrons. The number of anilines is 1. The van der Waals surface area contributed by atoms with E-state index in [0.717, 1.165) is 17.2 Å². The average Bonchev–Trinajstić information content (AvgIpc) is 2.74. The number of ether oxygens (including phenoxy) is 1. The minimum atomic E-state index is -0.0720. The molecule has 2 rings (SSSR count). The van der Waals surface area contributed by atoms with Crippen molar-refractivity contribution in [2.24, 2.45) is 0 Å². The van der Waals surface area contributed by atoms with Gasteiger partial charge >= 0.3 is 0 Å². The highest BCUT2D eigenvalue weighted by atomic mass is 32.1. The van der Waals surface area contributed by atoms with Gasteiger partial charge in [-0.15, -0.1) is 10.2 Å². The summed E-state index contributed by atoms with van der Waals surface area (Å²) in [6.07, 6.45) is 0.765. The lowest BCUT2D eigenvalue weighted by molar-refractivity contribution is 0.200. The zero-order valence-electron chi connectivity index (χ0n) is 8.96. The molecule has 0 amide bonds. The molecule has 0 aliphatic carbocycles. The van der Waals surface area contributed by atoms with Crippen LogP contribution in [-0.4, -0.2) is 10.2 Å². The number of nitrogen functional groups attached to an aromatic ring is 1. The first-order chi connectivity index (χ1) is 7.79. The monoisotopic (exact) mass is 235 g/mol. The topological polar surface area (TPSA) is 61.0 Å². The van der Waals surface area contributed by atoms with E-state index >= 15 is 0 Å². The normalized spacial score (nSPS) is 12.3. The Bertz CT molecular complexity index is 444. The molecule has 2 aromatic rings. The molecule has 5 heteroatoms. The van der Waals surface area contributed by atoms with Gasteiger partial charge in [-0.2, -0.15) is 0 Å². The van der Waals surface area contributed by atoms with Gasteiger partial charge < -0.3 is 10.5 Å². The Labute approximate surface area is 98.1 Å². The third-order valence-electron chi connectivity index (χ3n) is 2.12. The highest BCUT2D eigenvalue weighted by Crippen LogP contribution is 2.27. The fourth-order valence-corrected chi connectivity index (χ4v) is 2.07. The van der Waals surface area contributed by atoms with Crippen LogP contribution in [0.5, 0.6) is 5.75 Å².